The number of anilines is 3. The van der Waals surface area contributed by atoms with Crippen LogP contribution in [0.2, 0.25) is 0 Å². The summed E-state index contributed by atoms with van der Waals surface area (Å²) in [6.45, 7) is 0. The molecule has 4 N–H and O–H groups in total. The number of nitrogen functional groups attached to an aromatic ring is 1. The van der Waals surface area contributed by atoms with Crippen molar-refractivity contribution >= 4 is 49.8 Å². The Morgan fingerprint density at radius 1 is 1.07 bits per heavy atom. The largest absolute Gasteiger partial charge is 0.399 e. The molecule has 1 heterocycles. The fourth-order valence-electron chi connectivity index (χ4n) is 2.13. The molecule has 0 aliphatic rings. The number of nitrogens with zero attached hydrogens (tertiary/aromatic N) is 1. The number of nitrogens with two attached hydrogens (primary N) is 1. The summed E-state index contributed by atoms with van der Waals surface area (Å²) >= 11 is 1.19. The Bertz CT molecular complexity index is 1040. The van der Waals surface area contributed by atoms with Gasteiger partial charge >= 0.3 is 0 Å². The van der Waals surface area contributed by atoms with Gasteiger partial charge in [-0.05, 0) is 48.0 Å². The molecule has 7 nitrogen and oxygen atoms in total. The standard InChI is InChI=1S/C18H16N4O3S2/c19-14-4-1-13(2-5-14)3-10-17(23)21-15-6-8-16(9-7-15)27(24,25)22-18-20-11-12-26-18/h1-12H,19H2,(H,20,22)(H,21,23)/b10-3+. The van der Waals surface area contributed by atoms with E-state index in [4.69, 9.17) is 5.73 Å². The van der Waals surface area contributed by atoms with Crippen molar-refractivity contribution in [3.63, 3.8) is 0 Å². The van der Waals surface area contributed by atoms with E-state index in [9.17, 15) is 13.2 Å². The highest BCUT2D eigenvalue weighted by Gasteiger charge is 2.15. The number of amides is 1. The third-order valence-corrected chi connectivity index (χ3v) is 5.62. The first-order valence-electron chi connectivity index (χ1n) is 7.79. The lowest BCUT2D eigenvalue weighted by atomic mass is 10.2. The summed E-state index contributed by atoms with van der Waals surface area (Å²) in [5, 5.41) is 4.64. The topological polar surface area (TPSA) is 114 Å². The van der Waals surface area contributed by atoms with E-state index in [2.05, 4.69) is 15.0 Å². The Morgan fingerprint density at radius 3 is 2.41 bits per heavy atom. The monoisotopic (exact) mass is 400 g/mol. The number of thiazole rings is 1. The van der Waals surface area contributed by atoms with Crippen molar-refractivity contribution in [2.75, 3.05) is 15.8 Å². The minimum Gasteiger partial charge on any atom is -0.399 e. The van der Waals surface area contributed by atoms with Gasteiger partial charge in [0.05, 0.1) is 4.90 Å². The van der Waals surface area contributed by atoms with Crippen LogP contribution in [-0.4, -0.2) is 19.3 Å². The van der Waals surface area contributed by atoms with Crippen molar-refractivity contribution in [3.8, 4) is 0 Å². The van der Waals surface area contributed by atoms with E-state index >= 15 is 0 Å². The highest BCUT2D eigenvalue weighted by molar-refractivity contribution is 7.93. The van der Waals surface area contributed by atoms with Gasteiger partial charge < -0.3 is 11.1 Å². The number of nitrogens with one attached hydrogen (secondary N) is 2. The molecule has 1 aromatic heterocycles. The van der Waals surface area contributed by atoms with Gasteiger partial charge in [0.2, 0.25) is 5.91 Å². The number of benzene rings is 2. The van der Waals surface area contributed by atoms with Gasteiger partial charge in [-0.1, -0.05) is 12.1 Å². The number of carbonyl (C=O) groups excluding carboxylic acids is 1. The first-order valence-corrected chi connectivity index (χ1v) is 10.2. The molecule has 3 rings (SSSR count). The highest BCUT2D eigenvalue weighted by Crippen LogP contribution is 2.19. The van der Waals surface area contributed by atoms with E-state index in [1.165, 1.54) is 47.9 Å². The smallest absolute Gasteiger partial charge is 0.263 e. The maximum Gasteiger partial charge on any atom is 0.263 e. The summed E-state index contributed by atoms with van der Waals surface area (Å²) in [7, 11) is -3.72. The van der Waals surface area contributed by atoms with Crippen LogP contribution >= 0.6 is 11.3 Å². The Hall–Kier alpha value is -3.17. The average molecular weight is 400 g/mol. The minimum absolute atomic E-state index is 0.0770. The molecule has 0 saturated heterocycles. The Morgan fingerprint density at radius 2 is 1.78 bits per heavy atom. The van der Waals surface area contributed by atoms with Gasteiger partial charge in [0, 0.05) is 29.0 Å². The van der Waals surface area contributed by atoms with Crippen molar-refractivity contribution in [3.05, 3.63) is 71.7 Å². The van der Waals surface area contributed by atoms with Crippen LogP contribution in [0.15, 0.2) is 71.1 Å². The maximum absolute atomic E-state index is 12.3. The lowest BCUT2D eigenvalue weighted by Crippen LogP contribution is -2.13. The van der Waals surface area contributed by atoms with Crippen LogP contribution in [0.4, 0.5) is 16.5 Å². The lowest BCUT2D eigenvalue weighted by Gasteiger charge is -2.07. The van der Waals surface area contributed by atoms with E-state index in [0.717, 1.165) is 5.56 Å². The van der Waals surface area contributed by atoms with Crippen LogP contribution in [0.25, 0.3) is 6.08 Å². The Labute approximate surface area is 160 Å². The van der Waals surface area contributed by atoms with Gasteiger partial charge in [-0.2, -0.15) is 0 Å². The van der Waals surface area contributed by atoms with Gasteiger partial charge in [-0.3, -0.25) is 9.52 Å². The minimum atomic E-state index is -3.72. The zero-order valence-electron chi connectivity index (χ0n) is 14.0. The number of hydrogen-bond donors (Lipinski definition) is 3. The third kappa shape index (κ3) is 5.16. The molecule has 0 unspecified atom stereocenters. The van der Waals surface area contributed by atoms with Crippen LogP contribution < -0.4 is 15.8 Å². The number of aromatic nitrogens is 1. The predicted octanol–water partition coefficient (Wildman–Crippen LogP) is 3.18. The molecule has 27 heavy (non-hydrogen) atoms. The summed E-state index contributed by atoms with van der Waals surface area (Å²) in [6.07, 6.45) is 4.56. The zero-order valence-corrected chi connectivity index (χ0v) is 15.6. The molecule has 0 bridgehead atoms. The fourth-order valence-corrected chi connectivity index (χ4v) is 3.92. The van der Waals surface area contributed by atoms with E-state index in [0.29, 0.717) is 16.5 Å². The highest BCUT2D eigenvalue weighted by atomic mass is 32.2. The molecule has 0 radical (unpaired) electrons. The molecule has 0 spiro atoms. The maximum atomic E-state index is 12.3. The van der Waals surface area contributed by atoms with Gasteiger partial charge in [0.15, 0.2) is 5.13 Å². The van der Waals surface area contributed by atoms with E-state index in [1.807, 2.05) is 0 Å². The molecule has 1 amide bonds. The zero-order chi connectivity index (χ0) is 19.3. The summed E-state index contributed by atoms with van der Waals surface area (Å²) < 4.78 is 26.9. The quantitative estimate of drug-likeness (QED) is 0.434. The Balaban J connectivity index is 1.63. The molecule has 3 aromatic rings. The van der Waals surface area contributed by atoms with Gasteiger partial charge in [-0.25, -0.2) is 13.4 Å². The molecule has 0 atom stereocenters. The second kappa shape index (κ2) is 8.02. The molecule has 0 saturated carbocycles. The van der Waals surface area contributed by atoms with Crippen molar-refractivity contribution in [2.24, 2.45) is 0 Å². The fraction of sp³-hybridized carbons (Fsp3) is 0. The molecular weight excluding hydrogens is 384 g/mol. The predicted molar refractivity (Wildman–Crippen MR) is 108 cm³/mol. The SMILES string of the molecule is Nc1ccc(/C=C/C(=O)Nc2ccc(S(=O)(=O)Nc3nccs3)cc2)cc1. The van der Waals surface area contributed by atoms with Crippen LogP contribution in [0.3, 0.4) is 0 Å². The third-order valence-electron chi connectivity index (χ3n) is 3.45. The second-order valence-corrected chi connectivity index (χ2v) is 8.03. The molecule has 9 heteroatoms. The summed E-state index contributed by atoms with van der Waals surface area (Å²) in [5.74, 6) is -0.330. The molecule has 0 fully saturated rings. The molecule has 0 aliphatic carbocycles. The number of sulfonamides is 1. The van der Waals surface area contributed by atoms with Crippen LogP contribution in [0.5, 0.6) is 0 Å². The number of rotatable bonds is 6. The first kappa shape index (κ1) is 18.6. The van der Waals surface area contributed by atoms with Crippen molar-refractivity contribution in [1.29, 1.82) is 0 Å². The number of hydrogen-bond acceptors (Lipinski definition) is 6. The first-order chi connectivity index (χ1) is 12.9. The van der Waals surface area contributed by atoms with Crippen molar-refractivity contribution in [2.45, 2.75) is 4.90 Å². The normalized spacial score (nSPS) is 11.4. The van der Waals surface area contributed by atoms with Crippen molar-refractivity contribution < 1.29 is 13.2 Å². The van der Waals surface area contributed by atoms with Gasteiger partial charge in [-0.15, -0.1) is 11.3 Å². The molecular formula is C18H16N4O3S2. The lowest BCUT2D eigenvalue weighted by molar-refractivity contribution is -0.111. The summed E-state index contributed by atoms with van der Waals surface area (Å²) in [4.78, 5) is 16.0. The van der Waals surface area contributed by atoms with E-state index < -0.39 is 10.0 Å². The summed E-state index contributed by atoms with van der Waals surface area (Å²) in [6, 6.07) is 13.0. The molecule has 0 aliphatic heterocycles. The number of carbonyl (C=O) groups is 1. The van der Waals surface area contributed by atoms with Crippen LogP contribution in [0.1, 0.15) is 5.56 Å². The molecule has 138 valence electrons. The van der Waals surface area contributed by atoms with E-state index in [1.54, 1.807) is 35.7 Å². The second-order valence-electron chi connectivity index (χ2n) is 5.46. The Kier molecular flexibility index (Phi) is 5.53. The van der Waals surface area contributed by atoms with E-state index in [-0.39, 0.29) is 10.8 Å². The average Bonchev–Trinajstić information content (AvgIpc) is 3.14. The summed E-state index contributed by atoms with van der Waals surface area (Å²) in [5.41, 5.74) is 7.58. The van der Waals surface area contributed by atoms with Gasteiger partial charge in [0.1, 0.15) is 0 Å². The molecule has 2 aromatic carbocycles. The van der Waals surface area contributed by atoms with Crippen LogP contribution in [0, 0.1) is 0 Å². The van der Waals surface area contributed by atoms with Gasteiger partial charge in [0.25, 0.3) is 10.0 Å². The van der Waals surface area contributed by atoms with Crippen molar-refractivity contribution in [1.82, 2.24) is 4.98 Å². The van der Waals surface area contributed by atoms with Crippen LogP contribution in [-0.2, 0) is 14.8 Å².